The maximum Gasteiger partial charge on any atom is 0.0580 e. The van der Waals surface area contributed by atoms with Crippen LogP contribution in [0.25, 0.3) is 0 Å². The molecule has 2 heteroatoms. The standard InChI is InChI=1S/C13H22N2/c1-2-3-4-5-6-8-11-9-7-10-12(14)13(11)15/h7,9-10H,2-6,8,14-15H2,1H3. The zero-order valence-corrected chi connectivity index (χ0v) is 9.63. The van der Waals surface area contributed by atoms with Gasteiger partial charge in [-0.05, 0) is 24.5 Å². The third kappa shape index (κ3) is 3.82. The van der Waals surface area contributed by atoms with Crippen LogP contribution in [-0.4, -0.2) is 0 Å². The smallest absolute Gasteiger partial charge is 0.0580 e. The minimum absolute atomic E-state index is 0.709. The molecule has 0 amide bonds. The Morgan fingerprint density at radius 2 is 1.73 bits per heavy atom. The second-order valence-electron chi connectivity index (χ2n) is 4.08. The molecule has 84 valence electrons. The normalized spacial score (nSPS) is 10.5. The predicted octanol–water partition coefficient (Wildman–Crippen LogP) is 3.36. The van der Waals surface area contributed by atoms with Crippen LogP contribution in [0.15, 0.2) is 18.2 Å². The maximum atomic E-state index is 5.90. The first-order valence-corrected chi connectivity index (χ1v) is 5.88. The highest BCUT2D eigenvalue weighted by Crippen LogP contribution is 2.21. The monoisotopic (exact) mass is 206 g/mol. The molecule has 0 fully saturated rings. The van der Waals surface area contributed by atoms with Gasteiger partial charge in [0.2, 0.25) is 0 Å². The van der Waals surface area contributed by atoms with E-state index in [1.165, 1.54) is 37.7 Å². The predicted molar refractivity (Wildman–Crippen MR) is 67.7 cm³/mol. The lowest BCUT2D eigenvalue weighted by Gasteiger charge is -2.07. The summed E-state index contributed by atoms with van der Waals surface area (Å²) in [5, 5.41) is 0. The van der Waals surface area contributed by atoms with Crippen LogP contribution >= 0.6 is 0 Å². The lowest BCUT2D eigenvalue weighted by molar-refractivity contribution is 0.632. The van der Waals surface area contributed by atoms with E-state index < -0.39 is 0 Å². The van der Waals surface area contributed by atoms with Crippen molar-refractivity contribution in [3.8, 4) is 0 Å². The van der Waals surface area contributed by atoms with Crippen LogP contribution in [-0.2, 0) is 6.42 Å². The van der Waals surface area contributed by atoms with E-state index >= 15 is 0 Å². The lowest BCUT2D eigenvalue weighted by Crippen LogP contribution is -1.99. The van der Waals surface area contributed by atoms with Crippen molar-refractivity contribution in [3.63, 3.8) is 0 Å². The molecule has 0 atom stereocenters. The van der Waals surface area contributed by atoms with Gasteiger partial charge < -0.3 is 11.5 Å². The molecular weight excluding hydrogens is 184 g/mol. The summed E-state index contributed by atoms with van der Waals surface area (Å²) < 4.78 is 0. The fourth-order valence-electron chi connectivity index (χ4n) is 1.77. The van der Waals surface area contributed by atoms with Crippen molar-refractivity contribution in [2.45, 2.75) is 45.4 Å². The van der Waals surface area contributed by atoms with Gasteiger partial charge in [-0.2, -0.15) is 0 Å². The molecule has 4 N–H and O–H groups in total. The Bertz CT molecular complexity index is 295. The fraction of sp³-hybridized carbons (Fsp3) is 0.538. The third-order valence-electron chi connectivity index (χ3n) is 2.78. The van der Waals surface area contributed by atoms with Crippen LogP contribution in [0.1, 0.15) is 44.6 Å². The molecule has 0 radical (unpaired) electrons. The van der Waals surface area contributed by atoms with Crippen molar-refractivity contribution in [2.24, 2.45) is 0 Å². The molecule has 0 unspecified atom stereocenters. The third-order valence-corrected chi connectivity index (χ3v) is 2.78. The molecule has 1 rings (SSSR count). The summed E-state index contributed by atoms with van der Waals surface area (Å²) in [5.74, 6) is 0. The molecule has 0 aliphatic heterocycles. The van der Waals surface area contributed by atoms with Crippen molar-refractivity contribution in [1.82, 2.24) is 0 Å². The first-order chi connectivity index (χ1) is 7.25. The lowest BCUT2D eigenvalue weighted by atomic mass is 10.0. The molecule has 0 aromatic heterocycles. The van der Waals surface area contributed by atoms with E-state index in [1.54, 1.807) is 0 Å². The van der Waals surface area contributed by atoms with Gasteiger partial charge in [-0.15, -0.1) is 0 Å². The van der Waals surface area contributed by atoms with Gasteiger partial charge in [0, 0.05) is 0 Å². The van der Waals surface area contributed by atoms with E-state index in [9.17, 15) is 0 Å². The summed E-state index contributed by atoms with van der Waals surface area (Å²) in [5.41, 5.74) is 14.3. The largest absolute Gasteiger partial charge is 0.397 e. The van der Waals surface area contributed by atoms with Crippen molar-refractivity contribution >= 4 is 11.4 Å². The number of nitrogens with two attached hydrogens (primary N) is 2. The van der Waals surface area contributed by atoms with Crippen LogP contribution in [0.5, 0.6) is 0 Å². The molecule has 1 aromatic rings. The molecule has 15 heavy (non-hydrogen) atoms. The Balaban J connectivity index is 2.34. The topological polar surface area (TPSA) is 52.0 Å². The number of nitrogen functional groups attached to an aromatic ring is 2. The van der Waals surface area contributed by atoms with Crippen molar-refractivity contribution < 1.29 is 0 Å². The first kappa shape index (κ1) is 11.9. The van der Waals surface area contributed by atoms with Gasteiger partial charge in [-0.1, -0.05) is 44.7 Å². The molecule has 0 aliphatic rings. The number of para-hydroxylation sites is 1. The minimum Gasteiger partial charge on any atom is -0.397 e. The first-order valence-electron chi connectivity index (χ1n) is 5.88. The summed E-state index contributed by atoms with van der Waals surface area (Å²) in [7, 11) is 0. The molecule has 0 heterocycles. The molecule has 0 saturated heterocycles. The molecule has 0 saturated carbocycles. The molecular formula is C13H22N2. The SMILES string of the molecule is CCCCCCCc1cccc(N)c1N. The summed E-state index contributed by atoms with van der Waals surface area (Å²) >= 11 is 0. The Morgan fingerprint density at radius 1 is 1.00 bits per heavy atom. The van der Waals surface area contributed by atoms with Gasteiger partial charge >= 0.3 is 0 Å². The number of rotatable bonds is 6. The highest BCUT2D eigenvalue weighted by atomic mass is 14.7. The second-order valence-corrected chi connectivity index (χ2v) is 4.08. The molecule has 0 aliphatic carbocycles. The van der Waals surface area contributed by atoms with Gasteiger partial charge in [0.05, 0.1) is 11.4 Å². The van der Waals surface area contributed by atoms with Crippen LogP contribution in [0.4, 0.5) is 11.4 Å². The van der Waals surface area contributed by atoms with Gasteiger partial charge in [-0.3, -0.25) is 0 Å². The Morgan fingerprint density at radius 3 is 2.47 bits per heavy atom. The van der Waals surface area contributed by atoms with Crippen molar-refractivity contribution in [1.29, 1.82) is 0 Å². The van der Waals surface area contributed by atoms with Crippen molar-refractivity contribution in [3.05, 3.63) is 23.8 Å². The quantitative estimate of drug-likeness (QED) is 0.554. The number of aryl methyl sites for hydroxylation is 1. The summed E-state index contributed by atoms with van der Waals surface area (Å²) in [6, 6.07) is 5.91. The Labute approximate surface area is 92.7 Å². The van der Waals surface area contributed by atoms with Gasteiger partial charge in [0.15, 0.2) is 0 Å². The Kier molecular flexibility index (Phi) is 5.02. The van der Waals surface area contributed by atoms with Gasteiger partial charge in [0.25, 0.3) is 0 Å². The average Bonchev–Trinajstić information content (AvgIpc) is 2.24. The second kappa shape index (κ2) is 6.33. The molecule has 1 aromatic carbocycles. The van der Waals surface area contributed by atoms with Crippen molar-refractivity contribution in [2.75, 3.05) is 11.5 Å². The number of hydrogen-bond donors (Lipinski definition) is 2. The van der Waals surface area contributed by atoms with E-state index in [0.717, 1.165) is 12.1 Å². The highest BCUT2D eigenvalue weighted by molar-refractivity contribution is 5.67. The fourth-order valence-corrected chi connectivity index (χ4v) is 1.77. The van der Waals surface area contributed by atoms with Crippen LogP contribution < -0.4 is 11.5 Å². The number of anilines is 2. The minimum atomic E-state index is 0.709. The average molecular weight is 206 g/mol. The number of benzene rings is 1. The summed E-state index contributed by atoms with van der Waals surface area (Å²) in [4.78, 5) is 0. The molecule has 0 bridgehead atoms. The summed E-state index contributed by atoms with van der Waals surface area (Å²) in [6.07, 6.45) is 7.53. The van der Waals surface area contributed by atoms with E-state index in [0.29, 0.717) is 5.69 Å². The van der Waals surface area contributed by atoms with Crippen LogP contribution in [0.2, 0.25) is 0 Å². The van der Waals surface area contributed by atoms with E-state index in [1.807, 2.05) is 12.1 Å². The zero-order chi connectivity index (χ0) is 11.1. The zero-order valence-electron chi connectivity index (χ0n) is 9.63. The van der Waals surface area contributed by atoms with Gasteiger partial charge in [-0.25, -0.2) is 0 Å². The number of unbranched alkanes of at least 4 members (excludes halogenated alkanes) is 4. The molecule has 0 spiro atoms. The molecule has 2 nitrogen and oxygen atoms in total. The maximum absolute atomic E-state index is 5.90. The Hall–Kier alpha value is -1.18. The van der Waals surface area contributed by atoms with Crippen LogP contribution in [0.3, 0.4) is 0 Å². The van der Waals surface area contributed by atoms with E-state index in [2.05, 4.69) is 13.0 Å². The van der Waals surface area contributed by atoms with E-state index in [4.69, 9.17) is 11.5 Å². The van der Waals surface area contributed by atoms with Gasteiger partial charge in [0.1, 0.15) is 0 Å². The van der Waals surface area contributed by atoms with Crippen LogP contribution in [0, 0.1) is 0 Å². The number of hydrogen-bond acceptors (Lipinski definition) is 2. The highest BCUT2D eigenvalue weighted by Gasteiger charge is 2.01. The van der Waals surface area contributed by atoms with E-state index in [-0.39, 0.29) is 0 Å². The summed E-state index contributed by atoms with van der Waals surface area (Å²) in [6.45, 7) is 2.23.